The molecule has 6 heteroatoms. The molecule has 0 aliphatic rings. The van der Waals surface area contributed by atoms with E-state index in [4.69, 9.17) is 6.42 Å². The van der Waals surface area contributed by atoms with Gasteiger partial charge in [-0.25, -0.2) is 12.8 Å². The van der Waals surface area contributed by atoms with Crippen LogP contribution in [0.25, 0.3) is 0 Å². The maximum atomic E-state index is 13.7. The molecule has 0 amide bonds. The summed E-state index contributed by atoms with van der Waals surface area (Å²) in [6.45, 7) is 3.01. The van der Waals surface area contributed by atoms with Gasteiger partial charge in [0.2, 0.25) is 10.0 Å². The highest BCUT2D eigenvalue weighted by molar-refractivity contribution is 7.89. The van der Waals surface area contributed by atoms with Gasteiger partial charge < -0.3 is 5.32 Å². The third-order valence-corrected chi connectivity index (χ3v) is 4.58. The van der Waals surface area contributed by atoms with Gasteiger partial charge >= 0.3 is 0 Å². The van der Waals surface area contributed by atoms with Crippen molar-refractivity contribution < 1.29 is 12.8 Å². The molecule has 0 saturated heterocycles. The summed E-state index contributed by atoms with van der Waals surface area (Å²) in [5.41, 5.74) is 0.327. The van der Waals surface area contributed by atoms with E-state index in [0.717, 1.165) is 17.3 Å². The Bertz CT molecular complexity index is 594. The van der Waals surface area contributed by atoms with Crippen LogP contribution in [0, 0.1) is 18.2 Å². The van der Waals surface area contributed by atoms with Crippen LogP contribution in [-0.4, -0.2) is 32.9 Å². The Labute approximate surface area is 120 Å². The highest BCUT2D eigenvalue weighted by Gasteiger charge is 2.21. The molecule has 0 atom stereocenters. The lowest BCUT2D eigenvalue weighted by atomic mass is 10.2. The zero-order valence-electron chi connectivity index (χ0n) is 11.7. The van der Waals surface area contributed by atoms with Crippen LogP contribution in [0.1, 0.15) is 18.9 Å². The zero-order chi connectivity index (χ0) is 15.2. The maximum Gasteiger partial charge on any atom is 0.243 e. The van der Waals surface area contributed by atoms with Crippen LogP contribution in [0.5, 0.6) is 0 Å². The predicted octanol–water partition coefficient (Wildman–Crippen LogP) is 1.58. The molecule has 0 aliphatic heterocycles. The minimum atomic E-state index is -3.67. The molecule has 0 aromatic heterocycles. The molecule has 0 fully saturated rings. The Balaban J connectivity index is 3.03. The molecule has 110 valence electrons. The first kappa shape index (κ1) is 16.6. The van der Waals surface area contributed by atoms with Crippen LogP contribution in [0.15, 0.2) is 23.1 Å². The second kappa shape index (κ2) is 7.39. The van der Waals surface area contributed by atoms with Crippen molar-refractivity contribution in [3.05, 3.63) is 29.6 Å². The van der Waals surface area contributed by atoms with Crippen LogP contribution in [0.3, 0.4) is 0 Å². The molecule has 0 spiro atoms. The molecular formula is C14H19FN2O2S. The SMILES string of the molecule is C#CCN(C)S(=O)(=O)c1ccc(F)c(CNCCC)c1. The molecule has 1 aromatic rings. The number of nitrogens with one attached hydrogen (secondary N) is 1. The molecule has 1 aromatic carbocycles. The van der Waals surface area contributed by atoms with Crippen LogP contribution in [0.4, 0.5) is 4.39 Å². The van der Waals surface area contributed by atoms with Gasteiger partial charge in [-0.2, -0.15) is 4.31 Å². The Morgan fingerprint density at radius 2 is 2.15 bits per heavy atom. The quantitative estimate of drug-likeness (QED) is 0.614. The van der Waals surface area contributed by atoms with Crippen molar-refractivity contribution in [2.45, 2.75) is 24.8 Å². The number of sulfonamides is 1. The smallest absolute Gasteiger partial charge is 0.243 e. The van der Waals surface area contributed by atoms with E-state index in [2.05, 4.69) is 11.2 Å². The summed E-state index contributed by atoms with van der Waals surface area (Å²) in [5, 5.41) is 3.04. The summed E-state index contributed by atoms with van der Waals surface area (Å²) >= 11 is 0. The van der Waals surface area contributed by atoms with E-state index >= 15 is 0 Å². The molecule has 0 saturated carbocycles. The first-order valence-corrected chi connectivity index (χ1v) is 7.76. The van der Waals surface area contributed by atoms with Gasteiger partial charge in [0, 0.05) is 19.2 Å². The third-order valence-electron chi connectivity index (χ3n) is 2.78. The molecule has 1 N–H and O–H groups in total. The van der Waals surface area contributed by atoms with Crippen molar-refractivity contribution in [1.82, 2.24) is 9.62 Å². The van der Waals surface area contributed by atoms with Gasteiger partial charge in [0.25, 0.3) is 0 Å². The molecule has 0 unspecified atom stereocenters. The number of hydrogen-bond donors (Lipinski definition) is 1. The first-order chi connectivity index (χ1) is 9.43. The van der Waals surface area contributed by atoms with E-state index in [9.17, 15) is 12.8 Å². The average molecular weight is 298 g/mol. The normalized spacial score (nSPS) is 11.6. The minimum absolute atomic E-state index is 0.0247. The van der Waals surface area contributed by atoms with Gasteiger partial charge in [-0.15, -0.1) is 6.42 Å². The van der Waals surface area contributed by atoms with Gasteiger partial charge in [0.05, 0.1) is 11.4 Å². The predicted molar refractivity (Wildman–Crippen MR) is 77.0 cm³/mol. The van der Waals surface area contributed by atoms with Crippen molar-refractivity contribution in [2.75, 3.05) is 20.1 Å². The summed E-state index contributed by atoms with van der Waals surface area (Å²) in [5.74, 6) is 1.85. The Morgan fingerprint density at radius 3 is 2.75 bits per heavy atom. The highest BCUT2D eigenvalue weighted by Crippen LogP contribution is 2.18. The number of hydrogen-bond acceptors (Lipinski definition) is 3. The Hall–Kier alpha value is -1.42. The van der Waals surface area contributed by atoms with Gasteiger partial charge in [-0.1, -0.05) is 12.8 Å². The summed E-state index contributed by atoms with van der Waals surface area (Å²) in [4.78, 5) is 0.0462. The van der Waals surface area contributed by atoms with Crippen LogP contribution in [0.2, 0.25) is 0 Å². The molecular weight excluding hydrogens is 279 g/mol. The summed E-state index contributed by atoms with van der Waals surface area (Å²) in [6.07, 6.45) is 6.03. The molecule has 1 rings (SSSR count). The average Bonchev–Trinajstić information content (AvgIpc) is 2.41. The van der Waals surface area contributed by atoms with E-state index < -0.39 is 15.8 Å². The standard InChI is InChI=1S/C14H19FN2O2S/c1-4-8-16-11-12-10-13(6-7-14(12)15)20(18,19)17(3)9-5-2/h2,6-7,10,16H,4,8-9,11H2,1,3H3. The highest BCUT2D eigenvalue weighted by atomic mass is 32.2. The summed E-state index contributed by atoms with van der Waals surface area (Å²) in [7, 11) is -2.28. The molecule has 0 aliphatic carbocycles. The second-order valence-corrected chi connectivity index (χ2v) is 6.44. The fraction of sp³-hybridized carbons (Fsp3) is 0.429. The number of benzene rings is 1. The molecule has 0 heterocycles. The molecule has 0 bridgehead atoms. The lowest BCUT2D eigenvalue weighted by molar-refractivity contribution is 0.502. The number of halogens is 1. The van der Waals surface area contributed by atoms with Crippen molar-refractivity contribution >= 4 is 10.0 Å². The monoisotopic (exact) mass is 298 g/mol. The Morgan fingerprint density at radius 1 is 1.45 bits per heavy atom. The third kappa shape index (κ3) is 4.04. The lowest BCUT2D eigenvalue weighted by Crippen LogP contribution is -2.27. The van der Waals surface area contributed by atoms with Crippen LogP contribution >= 0.6 is 0 Å². The van der Waals surface area contributed by atoms with Gasteiger partial charge in [-0.05, 0) is 31.2 Å². The minimum Gasteiger partial charge on any atom is -0.313 e. The molecule has 0 radical (unpaired) electrons. The fourth-order valence-corrected chi connectivity index (χ4v) is 2.78. The Kier molecular flexibility index (Phi) is 6.14. The van der Waals surface area contributed by atoms with Crippen molar-refractivity contribution in [3.8, 4) is 12.3 Å². The maximum absolute atomic E-state index is 13.7. The fourth-order valence-electron chi connectivity index (χ4n) is 1.64. The summed E-state index contributed by atoms with van der Waals surface area (Å²) in [6, 6.07) is 3.76. The number of nitrogens with zero attached hydrogens (tertiary/aromatic N) is 1. The molecule has 20 heavy (non-hydrogen) atoms. The van der Waals surface area contributed by atoms with E-state index in [0.29, 0.717) is 12.1 Å². The van der Waals surface area contributed by atoms with Crippen molar-refractivity contribution in [2.24, 2.45) is 0 Å². The van der Waals surface area contributed by atoms with E-state index in [1.807, 2.05) is 6.92 Å². The van der Waals surface area contributed by atoms with Crippen molar-refractivity contribution in [3.63, 3.8) is 0 Å². The van der Waals surface area contributed by atoms with Gasteiger partial charge in [0.15, 0.2) is 0 Å². The summed E-state index contributed by atoms with van der Waals surface area (Å²) < 4.78 is 39.1. The van der Waals surface area contributed by atoms with Crippen LogP contribution < -0.4 is 5.32 Å². The number of rotatable bonds is 7. The van der Waals surface area contributed by atoms with E-state index in [1.54, 1.807) is 0 Å². The van der Waals surface area contributed by atoms with E-state index in [1.165, 1.54) is 25.2 Å². The van der Waals surface area contributed by atoms with E-state index in [-0.39, 0.29) is 11.4 Å². The van der Waals surface area contributed by atoms with Gasteiger partial charge in [0.1, 0.15) is 5.82 Å². The number of terminal acetylenes is 1. The zero-order valence-corrected chi connectivity index (χ0v) is 12.5. The van der Waals surface area contributed by atoms with Crippen molar-refractivity contribution in [1.29, 1.82) is 0 Å². The largest absolute Gasteiger partial charge is 0.313 e. The van der Waals surface area contributed by atoms with Gasteiger partial charge in [-0.3, -0.25) is 0 Å². The van der Waals surface area contributed by atoms with Crippen LogP contribution in [-0.2, 0) is 16.6 Å². The topological polar surface area (TPSA) is 49.4 Å². The molecule has 4 nitrogen and oxygen atoms in total. The second-order valence-electron chi connectivity index (χ2n) is 4.40. The lowest BCUT2D eigenvalue weighted by Gasteiger charge is -2.15. The first-order valence-electron chi connectivity index (χ1n) is 6.32.